The van der Waals surface area contributed by atoms with Gasteiger partial charge in [0.15, 0.2) is 0 Å². The van der Waals surface area contributed by atoms with E-state index in [4.69, 9.17) is 5.73 Å². The molecule has 0 aromatic carbocycles. The van der Waals surface area contributed by atoms with Gasteiger partial charge in [-0.15, -0.1) is 0 Å². The Kier molecular flexibility index (Phi) is 2.37. The molecule has 0 atom stereocenters. The van der Waals surface area contributed by atoms with Gasteiger partial charge >= 0.3 is 0 Å². The molecule has 0 amide bonds. The Morgan fingerprint density at radius 3 is 2.72 bits per heavy atom. The number of anilines is 1. The Morgan fingerprint density at radius 1 is 1.00 bits per heavy atom. The first-order valence-electron chi connectivity index (χ1n) is 5.37. The number of nitrogens with two attached hydrogens (primary N) is 1. The van der Waals surface area contributed by atoms with E-state index in [0.717, 1.165) is 5.52 Å². The second-order valence-corrected chi connectivity index (χ2v) is 3.83. The third kappa shape index (κ3) is 1.75. The normalized spacial score (nSPS) is 10.7. The van der Waals surface area contributed by atoms with Gasteiger partial charge in [0.25, 0.3) is 0 Å². The highest BCUT2D eigenvalue weighted by molar-refractivity contribution is 5.86. The number of nitrogen functional groups attached to an aromatic ring is 1. The van der Waals surface area contributed by atoms with Crippen LogP contribution in [0.25, 0.3) is 22.2 Å². The maximum Gasteiger partial charge on any atom is 0.213 e. The highest BCUT2D eigenvalue weighted by Gasteiger charge is 2.08. The van der Waals surface area contributed by atoms with Gasteiger partial charge in [0, 0.05) is 24.0 Å². The summed E-state index contributed by atoms with van der Waals surface area (Å²) >= 11 is 0. The smallest absolute Gasteiger partial charge is 0.213 e. The summed E-state index contributed by atoms with van der Waals surface area (Å²) in [6.45, 7) is 0. The average Bonchev–Trinajstić information content (AvgIpc) is 2.38. The summed E-state index contributed by atoms with van der Waals surface area (Å²) in [6, 6.07) is 8.43. The van der Waals surface area contributed by atoms with Crippen molar-refractivity contribution in [3.8, 4) is 11.1 Å². The molecule has 0 aliphatic carbocycles. The minimum Gasteiger partial charge on any atom is -0.383 e. The molecule has 0 aliphatic heterocycles. The van der Waals surface area contributed by atoms with Gasteiger partial charge in [0.1, 0.15) is 5.82 Å². The first-order chi connectivity index (χ1) is 8.74. The predicted molar refractivity (Wildman–Crippen MR) is 67.1 cm³/mol. The van der Waals surface area contributed by atoms with Crippen LogP contribution < -0.4 is 5.73 Å². The quantitative estimate of drug-likeness (QED) is 0.663. The summed E-state index contributed by atoms with van der Waals surface area (Å²) in [4.78, 5) is 12.0. The Hall–Kier alpha value is -2.56. The second kappa shape index (κ2) is 4.03. The van der Waals surface area contributed by atoms with Gasteiger partial charge in [-0.2, -0.15) is 4.39 Å². The minimum absolute atomic E-state index is 0.348. The van der Waals surface area contributed by atoms with Crippen molar-refractivity contribution >= 4 is 16.9 Å². The monoisotopic (exact) mass is 240 g/mol. The van der Waals surface area contributed by atoms with Crippen molar-refractivity contribution in [2.24, 2.45) is 0 Å². The van der Waals surface area contributed by atoms with Crippen LogP contribution in [0.2, 0.25) is 0 Å². The zero-order valence-electron chi connectivity index (χ0n) is 9.34. The predicted octanol–water partition coefficient (Wildman–Crippen LogP) is 2.41. The van der Waals surface area contributed by atoms with E-state index in [0.29, 0.717) is 22.5 Å². The molecule has 18 heavy (non-hydrogen) atoms. The highest BCUT2D eigenvalue weighted by atomic mass is 19.1. The molecule has 2 N–H and O–H groups in total. The van der Waals surface area contributed by atoms with Crippen LogP contribution in [-0.4, -0.2) is 15.0 Å². The van der Waals surface area contributed by atoms with Crippen molar-refractivity contribution in [3.05, 3.63) is 48.7 Å². The number of fused-ring (bicyclic) bond motifs is 1. The Labute approximate surface area is 102 Å². The molecule has 3 heterocycles. The van der Waals surface area contributed by atoms with Crippen LogP contribution >= 0.6 is 0 Å². The van der Waals surface area contributed by atoms with Gasteiger partial charge in [-0.3, -0.25) is 4.98 Å². The van der Waals surface area contributed by atoms with E-state index < -0.39 is 5.95 Å². The van der Waals surface area contributed by atoms with Gasteiger partial charge in [-0.25, -0.2) is 9.97 Å². The molecule has 0 unspecified atom stereocenters. The lowest BCUT2D eigenvalue weighted by Gasteiger charge is -2.06. The average molecular weight is 240 g/mol. The maximum absolute atomic E-state index is 13.1. The topological polar surface area (TPSA) is 64.7 Å². The number of hydrogen-bond donors (Lipinski definition) is 1. The van der Waals surface area contributed by atoms with Crippen LogP contribution in [0.15, 0.2) is 42.7 Å². The number of pyridine rings is 3. The molecular weight excluding hydrogens is 231 g/mol. The van der Waals surface area contributed by atoms with Gasteiger partial charge in [0.05, 0.1) is 11.0 Å². The molecular formula is C13H9FN4. The number of nitrogens with zero attached hydrogens (tertiary/aromatic N) is 3. The number of halogens is 1. The molecule has 0 saturated heterocycles. The Bertz CT molecular complexity index is 727. The Morgan fingerprint density at radius 2 is 1.89 bits per heavy atom. The van der Waals surface area contributed by atoms with Gasteiger partial charge in [-0.05, 0) is 29.8 Å². The first kappa shape index (κ1) is 10.6. The fourth-order valence-corrected chi connectivity index (χ4v) is 1.82. The molecule has 3 rings (SSSR count). The van der Waals surface area contributed by atoms with E-state index in [9.17, 15) is 4.39 Å². The van der Waals surface area contributed by atoms with Crippen molar-refractivity contribution in [2.75, 3.05) is 5.73 Å². The summed E-state index contributed by atoms with van der Waals surface area (Å²) < 4.78 is 13.1. The van der Waals surface area contributed by atoms with Crippen molar-refractivity contribution in [3.63, 3.8) is 0 Å². The number of hydrogen-bond acceptors (Lipinski definition) is 4. The molecule has 0 bridgehead atoms. The molecule has 0 fully saturated rings. The molecule has 3 aromatic rings. The molecule has 4 nitrogen and oxygen atoms in total. The summed E-state index contributed by atoms with van der Waals surface area (Å²) in [6.07, 6.45) is 3.07. The van der Waals surface area contributed by atoms with E-state index >= 15 is 0 Å². The van der Waals surface area contributed by atoms with E-state index in [2.05, 4.69) is 15.0 Å². The summed E-state index contributed by atoms with van der Waals surface area (Å²) in [5.41, 5.74) is 8.62. The zero-order chi connectivity index (χ0) is 12.5. The number of rotatable bonds is 1. The standard InChI is InChI=1S/C13H9FN4/c14-12-6-8(3-5-17-12)9-7-11-10(18-13(9)15)2-1-4-16-11/h1-7H,(H2,15,18). The molecule has 0 aliphatic rings. The van der Waals surface area contributed by atoms with E-state index in [1.807, 2.05) is 6.07 Å². The van der Waals surface area contributed by atoms with Crippen LogP contribution in [0.5, 0.6) is 0 Å². The van der Waals surface area contributed by atoms with Crippen molar-refractivity contribution < 1.29 is 4.39 Å². The molecule has 0 saturated carbocycles. The van der Waals surface area contributed by atoms with Crippen molar-refractivity contribution in [1.82, 2.24) is 15.0 Å². The summed E-state index contributed by atoms with van der Waals surface area (Å²) in [7, 11) is 0. The van der Waals surface area contributed by atoms with E-state index in [1.165, 1.54) is 12.3 Å². The molecule has 88 valence electrons. The molecule has 0 spiro atoms. The largest absolute Gasteiger partial charge is 0.383 e. The molecule has 5 heteroatoms. The summed E-state index contributed by atoms with van der Waals surface area (Å²) in [5.74, 6) is -0.200. The van der Waals surface area contributed by atoms with Crippen LogP contribution in [-0.2, 0) is 0 Å². The first-order valence-corrected chi connectivity index (χ1v) is 5.37. The highest BCUT2D eigenvalue weighted by Crippen LogP contribution is 2.27. The molecule has 3 aromatic heterocycles. The van der Waals surface area contributed by atoms with Crippen LogP contribution in [0.3, 0.4) is 0 Å². The third-order valence-electron chi connectivity index (χ3n) is 2.65. The summed E-state index contributed by atoms with van der Waals surface area (Å²) in [5, 5.41) is 0. The zero-order valence-corrected chi connectivity index (χ0v) is 9.34. The number of aromatic nitrogens is 3. The lowest BCUT2D eigenvalue weighted by molar-refractivity contribution is 0.584. The van der Waals surface area contributed by atoms with Crippen LogP contribution in [0.1, 0.15) is 0 Å². The minimum atomic E-state index is -0.548. The van der Waals surface area contributed by atoms with Gasteiger partial charge < -0.3 is 5.73 Å². The maximum atomic E-state index is 13.1. The van der Waals surface area contributed by atoms with Gasteiger partial charge in [0.2, 0.25) is 5.95 Å². The SMILES string of the molecule is Nc1nc2cccnc2cc1-c1ccnc(F)c1. The van der Waals surface area contributed by atoms with Crippen molar-refractivity contribution in [1.29, 1.82) is 0 Å². The lowest BCUT2D eigenvalue weighted by Crippen LogP contribution is -1.96. The molecule has 0 radical (unpaired) electrons. The Balaban J connectivity index is 2.26. The third-order valence-corrected chi connectivity index (χ3v) is 2.65. The van der Waals surface area contributed by atoms with E-state index in [-0.39, 0.29) is 0 Å². The lowest BCUT2D eigenvalue weighted by atomic mass is 10.1. The fraction of sp³-hybridized carbons (Fsp3) is 0. The van der Waals surface area contributed by atoms with Crippen molar-refractivity contribution in [2.45, 2.75) is 0 Å². The van der Waals surface area contributed by atoms with Crippen LogP contribution in [0, 0.1) is 5.95 Å². The fourth-order valence-electron chi connectivity index (χ4n) is 1.82. The van der Waals surface area contributed by atoms with Crippen LogP contribution in [0.4, 0.5) is 10.2 Å². The van der Waals surface area contributed by atoms with E-state index in [1.54, 1.807) is 24.4 Å². The van der Waals surface area contributed by atoms with Gasteiger partial charge in [-0.1, -0.05) is 0 Å². The second-order valence-electron chi connectivity index (χ2n) is 3.83.